The van der Waals surface area contributed by atoms with E-state index in [1.54, 1.807) is 35.2 Å². The van der Waals surface area contributed by atoms with Gasteiger partial charge < -0.3 is 9.80 Å². The molecule has 2 amide bonds. The number of likely N-dealkylation sites (N-methyl/N-ethyl adjacent to an activating group) is 1. The average molecular weight is 335 g/mol. The SMILES string of the molecule is CN(C)C(=O)CN1CC[C@@]2(CCCN(Cc3ccsc3)C2)C1=O. The van der Waals surface area contributed by atoms with Crippen molar-refractivity contribution in [2.75, 3.05) is 40.3 Å². The standard InChI is InChI=1S/C17H25N3O2S/c1-18(2)15(21)11-20-8-6-17(16(20)22)5-3-7-19(13-17)10-14-4-9-23-12-14/h4,9,12H,3,5-8,10-11,13H2,1-2H3/t17-/m1/s1. The van der Waals surface area contributed by atoms with E-state index in [9.17, 15) is 9.59 Å². The summed E-state index contributed by atoms with van der Waals surface area (Å²) in [5, 5.41) is 4.28. The Hall–Kier alpha value is -1.40. The van der Waals surface area contributed by atoms with Crippen LogP contribution in [-0.2, 0) is 16.1 Å². The Bertz CT molecular complexity index is 572. The molecule has 6 heteroatoms. The Kier molecular flexibility index (Phi) is 4.73. The van der Waals surface area contributed by atoms with Crippen LogP contribution in [0.15, 0.2) is 16.8 Å². The van der Waals surface area contributed by atoms with Crippen molar-refractivity contribution in [3.05, 3.63) is 22.4 Å². The maximum atomic E-state index is 12.9. The third kappa shape index (κ3) is 3.43. The highest BCUT2D eigenvalue weighted by atomic mass is 32.1. The molecule has 0 unspecified atom stereocenters. The van der Waals surface area contributed by atoms with Crippen molar-refractivity contribution < 1.29 is 9.59 Å². The molecule has 1 spiro atoms. The molecule has 2 fully saturated rings. The lowest BCUT2D eigenvalue weighted by Gasteiger charge is -2.39. The van der Waals surface area contributed by atoms with Crippen LogP contribution in [0.3, 0.4) is 0 Å². The molecule has 2 aliphatic heterocycles. The topological polar surface area (TPSA) is 43.9 Å². The average Bonchev–Trinajstić information content (AvgIpc) is 3.12. The lowest BCUT2D eigenvalue weighted by atomic mass is 9.78. The summed E-state index contributed by atoms with van der Waals surface area (Å²) >= 11 is 1.72. The fraction of sp³-hybridized carbons (Fsp3) is 0.647. The van der Waals surface area contributed by atoms with Crippen LogP contribution in [0.5, 0.6) is 0 Å². The number of piperidine rings is 1. The van der Waals surface area contributed by atoms with Gasteiger partial charge in [-0.25, -0.2) is 0 Å². The minimum Gasteiger partial charge on any atom is -0.347 e. The molecule has 3 heterocycles. The van der Waals surface area contributed by atoms with Crippen molar-refractivity contribution in [1.29, 1.82) is 0 Å². The summed E-state index contributed by atoms with van der Waals surface area (Å²) in [6.07, 6.45) is 2.90. The van der Waals surface area contributed by atoms with Gasteiger partial charge in [0.25, 0.3) is 0 Å². The lowest BCUT2D eigenvalue weighted by molar-refractivity contribution is -0.143. The van der Waals surface area contributed by atoms with Gasteiger partial charge in [-0.1, -0.05) is 0 Å². The molecule has 2 saturated heterocycles. The van der Waals surface area contributed by atoms with E-state index < -0.39 is 0 Å². The molecule has 1 atom stereocenters. The second-order valence-electron chi connectivity index (χ2n) is 6.99. The normalized spacial score (nSPS) is 25.3. The van der Waals surface area contributed by atoms with Crippen LogP contribution >= 0.6 is 11.3 Å². The van der Waals surface area contributed by atoms with Crippen LogP contribution in [0.4, 0.5) is 0 Å². The van der Waals surface area contributed by atoms with Crippen molar-refractivity contribution in [3.63, 3.8) is 0 Å². The molecule has 0 N–H and O–H groups in total. The number of nitrogens with zero attached hydrogens (tertiary/aromatic N) is 3. The maximum absolute atomic E-state index is 12.9. The van der Waals surface area contributed by atoms with Crippen molar-refractivity contribution in [2.24, 2.45) is 5.41 Å². The molecule has 0 aromatic carbocycles. The molecule has 0 bridgehead atoms. The van der Waals surface area contributed by atoms with E-state index in [0.717, 1.165) is 38.9 Å². The number of likely N-dealkylation sites (tertiary alicyclic amines) is 2. The van der Waals surface area contributed by atoms with E-state index >= 15 is 0 Å². The molecular weight excluding hydrogens is 310 g/mol. The van der Waals surface area contributed by atoms with Crippen LogP contribution in [-0.4, -0.2) is 66.8 Å². The van der Waals surface area contributed by atoms with Gasteiger partial charge in [-0.2, -0.15) is 11.3 Å². The molecule has 126 valence electrons. The largest absolute Gasteiger partial charge is 0.347 e. The summed E-state index contributed by atoms with van der Waals surface area (Å²) in [4.78, 5) is 30.6. The molecule has 0 aliphatic carbocycles. The van der Waals surface area contributed by atoms with Crippen molar-refractivity contribution in [2.45, 2.75) is 25.8 Å². The third-order valence-electron chi connectivity index (χ3n) is 5.07. The number of hydrogen-bond acceptors (Lipinski definition) is 4. The Balaban J connectivity index is 1.64. The Morgan fingerprint density at radius 1 is 1.35 bits per heavy atom. The summed E-state index contributed by atoms with van der Waals surface area (Å²) in [5.74, 6) is 0.184. The van der Waals surface area contributed by atoms with E-state index in [1.807, 2.05) is 0 Å². The van der Waals surface area contributed by atoms with Crippen LogP contribution in [0, 0.1) is 5.41 Å². The van der Waals surface area contributed by atoms with E-state index in [-0.39, 0.29) is 23.8 Å². The predicted octanol–water partition coefficient (Wildman–Crippen LogP) is 1.65. The van der Waals surface area contributed by atoms with Crippen LogP contribution in [0.2, 0.25) is 0 Å². The van der Waals surface area contributed by atoms with Gasteiger partial charge in [0.05, 0.1) is 12.0 Å². The fourth-order valence-corrected chi connectivity index (χ4v) is 4.39. The van der Waals surface area contributed by atoms with Gasteiger partial charge in [0.15, 0.2) is 0 Å². The monoisotopic (exact) mass is 335 g/mol. The van der Waals surface area contributed by atoms with E-state index in [0.29, 0.717) is 6.54 Å². The van der Waals surface area contributed by atoms with Crippen molar-refractivity contribution >= 4 is 23.2 Å². The van der Waals surface area contributed by atoms with Gasteiger partial charge in [-0.15, -0.1) is 0 Å². The zero-order valence-corrected chi connectivity index (χ0v) is 14.8. The van der Waals surface area contributed by atoms with Crippen LogP contribution in [0.1, 0.15) is 24.8 Å². The first-order valence-corrected chi connectivity index (χ1v) is 9.17. The second-order valence-corrected chi connectivity index (χ2v) is 7.77. The highest BCUT2D eigenvalue weighted by Gasteiger charge is 2.49. The van der Waals surface area contributed by atoms with E-state index in [4.69, 9.17) is 0 Å². The summed E-state index contributed by atoms with van der Waals surface area (Å²) in [6, 6.07) is 2.16. The summed E-state index contributed by atoms with van der Waals surface area (Å²) in [5.41, 5.74) is 1.07. The van der Waals surface area contributed by atoms with Gasteiger partial charge >= 0.3 is 0 Å². The summed E-state index contributed by atoms with van der Waals surface area (Å²) in [6.45, 7) is 3.74. The molecule has 0 radical (unpaired) electrons. The highest BCUT2D eigenvalue weighted by molar-refractivity contribution is 7.07. The van der Waals surface area contributed by atoms with E-state index in [1.165, 1.54) is 5.56 Å². The quantitative estimate of drug-likeness (QED) is 0.840. The first-order chi connectivity index (χ1) is 11.0. The molecular formula is C17H25N3O2S. The molecule has 5 nitrogen and oxygen atoms in total. The molecule has 1 aromatic rings. The van der Waals surface area contributed by atoms with Gasteiger partial charge in [0.2, 0.25) is 11.8 Å². The van der Waals surface area contributed by atoms with E-state index in [2.05, 4.69) is 21.7 Å². The van der Waals surface area contributed by atoms with Gasteiger partial charge in [-0.3, -0.25) is 14.5 Å². The summed E-state index contributed by atoms with van der Waals surface area (Å²) < 4.78 is 0. The van der Waals surface area contributed by atoms with Crippen LogP contribution < -0.4 is 0 Å². The molecule has 1 aromatic heterocycles. The lowest BCUT2D eigenvalue weighted by Crippen LogP contribution is -2.48. The first-order valence-electron chi connectivity index (χ1n) is 8.23. The first kappa shape index (κ1) is 16.5. The molecule has 3 rings (SSSR count). The number of carbonyl (C=O) groups is 2. The number of carbonyl (C=O) groups excluding carboxylic acids is 2. The molecule has 2 aliphatic rings. The number of rotatable bonds is 4. The third-order valence-corrected chi connectivity index (χ3v) is 5.80. The minimum atomic E-state index is -0.263. The molecule has 23 heavy (non-hydrogen) atoms. The zero-order chi connectivity index (χ0) is 16.4. The zero-order valence-electron chi connectivity index (χ0n) is 14.0. The van der Waals surface area contributed by atoms with Crippen molar-refractivity contribution in [3.8, 4) is 0 Å². The Morgan fingerprint density at radius 3 is 2.87 bits per heavy atom. The minimum absolute atomic E-state index is 0.00124. The fourth-order valence-electron chi connectivity index (χ4n) is 3.73. The second kappa shape index (κ2) is 6.61. The van der Waals surface area contributed by atoms with Crippen molar-refractivity contribution in [1.82, 2.24) is 14.7 Å². The number of hydrogen-bond donors (Lipinski definition) is 0. The number of amides is 2. The summed E-state index contributed by atoms with van der Waals surface area (Å²) in [7, 11) is 3.48. The van der Waals surface area contributed by atoms with Gasteiger partial charge in [-0.05, 0) is 48.2 Å². The molecule has 0 saturated carbocycles. The Labute approximate surface area is 141 Å². The smallest absolute Gasteiger partial charge is 0.241 e. The van der Waals surface area contributed by atoms with Gasteiger partial charge in [0.1, 0.15) is 0 Å². The Morgan fingerprint density at radius 2 is 2.17 bits per heavy atom. The predicted molar refractivity (Wildman–Crippen MR) is 91.2 cm³/mol. The maximum Gasteiger partial charge on any atom is 0.241 e. The highest BCUT2D eigenvalue weighted by Crippen LogP contribution is 2.40. The van der Waals surface area contributed by atoms with Crippen LogP contribution in [0.25, 0.3) is 0 Å². The number of thiophene rings is 1. The van der Waals surface area contributed by atoms with Gasteiger partial charge in [0, 0.05) is 33.7 Å².